The molecule has 0 saturated carbocycles. The van der Waals surface area contributed by atoms with Gasteiger partial charge in [0.25, 0.3) is 0 Å². The predicted molar refractivity (Wildman–Crippen MR) is 90.9 cm³/mol. The molecule has 1 aromatic carbocycles. The summed E-state index contributed by atoms with van der Waals surface area (Å²) in [4.78, 5) is 2.43. The lowest BCUT2D eigenvalue weighted by atomic mass is 9.99. The zero-order valence-electron chi connectivity index (χ0n) is 12.7. The van der Waals surface area contributed by atoms with Gasteiger partial charge in [-0.15, -0.1) is 0 Å². The Kier molecular flexibility index (Phi) is 6.80. The number of nitrogens with one attached hydrogen (secondary N) is 1. The fraction of sp³-hybridized carbons (Fsp3) is 0.625. The first kappa shape index (κ1) is 17.1. The maximum Gasteiger partial charge on any atom is 0.142 e. The highest BCUT2D eigenvalue weighted by Gasteiger charge is 2.27. The molecule has 5 heteroatoms. The first-order valence-corrected chi connectivity index (χ1v) is 9.10. The SMILES string of the molecule is CCCNC(Cc1ccc(Cl)c(F)c1)C1CSCCN1C. The zero-order chi connectivity index (χ0) is 15.2. The van der Waals surface area contributed by atoms with Gasteiger partial charge in [-0.3, -0.25) is 0 Å². The molecule has 1 aliphatic heterocycles. The molecule has 0 bridgehead atoms. The monoisotopic (exact) mass is 330 g/mol. The van der Waals surface area contributed by atoms with Crippen molar-refractivity contribution in [2.45, 2.75) is 31.8 Å². The standard InChI is InChI=1S/C16H24ClFN2S/c1-3-6-19-15(16-11-21-8-7-20(16)2)10-12-4-5-13(17)14(18)9-12/h4-5,9,15-16,19H,3,6-8,10-11H2,1-2H3. The molecule has 0 aliphatic carbocycles. The van der Waals surface area contributed by atoms with Gasteiger partial charge in [0, 0.05) is 30.1 Å². The summed E-state index contributed by atoms with van der Waals surface area (Å²) in [5.41, 5.74) is 1.01. The summed E-state index contributed by atoms with van der Waals surface area (Å²) in [5.74, 6) is 2.01. The fourth-order valence-electron chi connectivity index (χ4n) is 2.72. The average Bonchev–Trinajstić information content (AvgIpc) is 2.48. The highest BCUT2D eigenvalue weighted by molar-refractivity contribution is 7.99. The topological polar surface area (TPSA) is 15.3 Å². The van der Waals surface area contributed by atoms with Gasteiger partial charge in [0.2, 0.25) is 0 Å². The summed E-state index contributed by atoms with van der Waals surface area (Å²) in [5, 5.41) is 3.84. The lowest BCUT2D eigenvalue weighted by Crippen LogP contribution is -2.53. The van der Waals surface area contributed by atoms with Gasteiger partial charge in [-0.2, -0.15) is 11.8 Å². The van der Waals surface area contributed by atoms with Gasteiger partial charge in [-0.25, -0.2) is 4.39 Å². The molecular weight excluding hydrogens is 307 g/mol. The molecule has 1 aliphatic rings. The predicted octanol–water partition coefficient (Wildman–Crippen LogP) is 3.44. The van der Waals surface area contributed by atoms with E-state index < -0.39 is 0 Å². The van der Waals surface area contributed by atoms with E-state index in [4.69, 9.17) is 11.6 Å². The Bertz CT molecular complexity index is 458. The minimum Gasteiger partial charge on any atom is -0.312 e. The van der Waals surface area contributed by atoms with E-state index >= 15 is 0 Å². The average molecular weight is 331 g/mol. The Morgan fingerprint density at radius 3 is 3.00 bits per heavy atom. The van der Waals surface area contributed by atoms with Crippen LogP contribution in [0, 0.1) is 5.82 Å². The van der Waals surface area contributed by atoms with Crippen molar-refractivity contribution in [2.75, 3.05) is 31.6 Å². The third kappa shape index (κ3) is 4.85. The summed E-state index contributed by atoms with van der Waals surface area (Å²) < 4.78 is 13.6. The number of hydrogen-bond acceptors (Lipinski definition) is 3. The molecule has 1 N–H and O–H groups in total. The maximum absolute atomic E-state index is 13.6. The number of thioether (sulfide) groups is 1. The van der Waals surface area contributed by atoms with Crippen molar-refractivity contribution in [1.29, 1.82) is 0 Å². The Balaban J connectivity index is 2.09. The third-order valence-corrected chi connectivity index (χ3v) is 5.36. The van der Waals surface area contributed by atoms with E-state index in [0.29, 0.717) is 12.1 Å². The quantitative estimate of drug-likeness (QED) is 0.860. The van der Waals surface area contributed by atoms with Gasteiger partial charge in [-0.05, 0) is 44.1 Å². The van der Waals surface area contributed by atoms with Crippen molar-refractivity contribution in [2.24, 2.45) is 0 Å². The Labute approximate surface area is 136 Å². The van der Waals surface area contributed by atoms with E-state index in [1.807, 2.05) is 17.8 Å². The number of rotatable bonds is 6. The second kappa shape index (κ2) is 8.37. The molecule has 2 nitrogen and oxygen atoms in total. The number of halogens is 2. The molecule has 1 fully saturated rings. The van der Waals surface area contributed by atoms with Crippen LogP contribution in [0.25, 0.3) is 0 Å². The van der Waals surface area contributed by atoms with Crippen LogP contribution in [-0.4, -0.2) is 48.6 Å². The molecule has 2 atom stereocenters. The maximum atomic E-state index is 13.6. The van der Waals surface area contributed by atoms with Gasteiger partial charge in [0.15, 0.2) is 0 Å². The number of hydrogen-bond donors (Lipinski definition) is 1. The van der Waals surface area contributed by atoms with Gasteiger partial charge in [0.1, 0.15) is 5.82 Å². The van der Waals surface area contributed by atoms with Crippen LogP contribution >= 0.6 is 23.4 Å². The first-order valence-electron chi connectivity index (χ1n) is 7.57. The number of nitrogens with zero attached hydrogens (tertiary/aromatic N) is 1. The molecule has 1 saturated heterocycles. The van der Waals surface area contributed by atoms with E-state index in [2.05, 4.69) is 24.2 Å². The van der Waals surface area contributed by atoms with Crippen LogP contribution in [0.3, 0.4) is 0 Å². The number of likely N-dealkylation sites (N-methyl/N-ethyl adjacent to an activating group) is 1. The van der Waals surface area contributed by atoms with Gasteiger partial charge >= 0.3 is 0 Å². The molecular formula is C16H24ClFN2S. The van der Waals surface area contributed by atoms with Crippen LogP contribution in [0.4, 0.5) is 4.39 Å². The highest BCUT2D eigenvalue weighted by Crippen LogP contribution is 2.22. The summed E-state index contributed by atoms with van der Waals surface area (Å²) in [6.45, 7) is 4.29. The van der Waals surface area contributed by atoms with Crippen molar-refractivity contribution in [3.05, 3.63) is 34.6 Å². The third-order valence-electron chi connectivity index (χ3n) is 4.00. The summed E-state index contributed by atoms with van der Waals surface area (Å²) in [7, 11) is 2.19. The molecule has 0 aromatic heterocycles. The van der Waals surface area contributed by atoms with Crippen LogP contribution in [-0.2, 0) is 6.42 Å². The minimum atomic E-state index is -0.324. The second-order valence-corrected chi connectivity index (χ2v) is 7.19. The van der Waals surface area contributed by atoms with E-state index in [1.165, 1.54) is 5.75 Å². The minimum absolute atomic E-state index is 0.196. The van der Waals surface area contributed by atoms with Crippen LogP contribution in [0.1, 0.15) is 18.9 Å². The second-order valence-electron chi connectivity index (χ2n) is 5.64. The summed E-state index contributed by atoms with van der Waals surface area (Å²) in [6.07, 6.45) is 1.94. The lowest BCUT2D eigenvalue weighted by molar-refractivity contribution is 0.213. The summed E-state index contributed by atoms with van der Waals surface area (Å²) >= 11 is 7.78. The normalized spacial score (nSPS) is 21.4. The Morgan fingerprint density at radius 2 is 2.33 bits per heavy atom. The molecule has 0 spiro atoms. The van der Waals surface area contributed by atoms with E-state index in [9.17, 15) is 4.39 Å². The summed E-state index contributed by atoms with van der Waals surface area (Å²) in [6, 6.07) is 6.00. The first-order chi connectivity index (χ1) is 10.1. The van der Waals surface area contributed by atoms with Gasteiger partial charge in [0.05, 0.1) is 5.02 Å². The van der Waals surface area contributed by atoms with Crippen molar-refractivity contribution >= 4 is 23.4 Å². The molecule has 118 valence electrons. The molecule has 0 radical (unpaired) electrons. The van der Waals surface area contributed by atoms with Gasteiger partial charge < -0.3 is 10.2 Å². The molecule has 1 aromatic rings. The molecule has 0 amide bonds. The van der Waals surface area contributed by atoms with E-state index in [0.717, 1.165) is 37.2 Å². The molecule has 2 unspecified atom stereocenters. The fourth-order valence-corrected chi connectivity index (χ4v) is 4.15. The molecule has 1 heterocycles. The zero-order valence-corrected chi connectivity index (χ0v) is 14.3. The van der Waals surface area contributed by atoms with Crippen molar-refractivity contribution in [3.63, 3.8) is 0 Å². The lowest BCUT2D eigenvalue weighted by Gasteiger charge is -2.38. The van der Waals surface area contributed by atoms with Crippen molar-refractivity contribution in [1.82, 2.24) is 10.2 Å². The molecule has 21 heavy (non-hydrogen) atoms. The Morgan fingerprint density at radius 1 is 1.52 bits per heavy atom. The molecule has 2 rings (SSSR count). The largest absolute Gasteiger partial charge is 0.312 e. The Hall–Kier alpha value is -0.290. The van der Waals surface area contributed by atoms with Crippen LogP contribution in [0.15, 0.2) is 18.2 Å². The van der Waals surface area contributed by atoms with Crippen LogP contribution < -0.4 is 5.32 Å². The van der Waals surface area contributed by atoms with E-state index in [1.54, 1.807) is 12.1 Å². The van der Waals surface area contributed by atoms with Crippen molar-refractivity contribution < 1.29 is 4.39 Å². The highest BCUT2D eigenvalue weighted by atomic mass is 35.5. The van der Waals surface area contributed by atoms with Crippen LogP contribution in [0.2, 0.25) is 5.02 Å². The van der Waals surface area contributed by atoms with Crippen LogP contribution in [0.5, 0.6) is 0 Å². The van der Waals surface area contributed by atoms with Gasteiger partial charge in [-0.1, -0.05) is 24.6 Å². The van der Waals surface area contributed by atoms with E-state index in [-0.39, 0.29) is 10.8 Å². The number of benzene rings is 1. The van der Waals surface area contributed by atoms with Crippen molar-refractivity contribution in [3.8, 4) is 0 Å². The smallest absolute Gasteiger partial charge is 0.142 e.